The number of hydrogen-bond acceptors (Lipinski definition) is 3. The van der Waals surface area contributed by atoms with Crippen molar-refractivity contribution in [3.8, 4) is 0 Å². The van der Waals surface area contributed by atoms with Crippen LogP contribution in [0.15, 0.2) is 12.4 Å². The maximum absolute atomic E-state index is 4.34. The van der Waals surface area contributed by atoms with E-state index in [4.69, 9.17) is 0 Å². The maximum Gasteiger partial charge on any atom is 0.205 e. The largest absolute Gasteiger partial charge is 0.341 e. The molecule has 0 spiro atoms. The van der Waals surface area contributed by atoms with Crippen molar-refractivity contribution in [2.75, 3.05) is 31.1 Å². The topological polar surface area (TPSA) is 33.1 Å². The molecule has 1 aliphatic heterocycles. The normalized spacial score (nSPS) is 18.7. The number of rotatable bonds is 1. The average molecular weight is 180 g/mol. The Labute approximate surface area is 78.6 Å². The van der Waals surface area contributed by atoms with Gasteiger partial charge in [0.05, 0.1) is 0 Å². The summed E-state index contributed by atoms with van der Waals surface area (Å²) in [5.41, 5.74) is 0. The summed E-state index contributed by atoms with van der Waals surface area (Å²) >= 11 is 0. The molecule has 0 amide bonds. The summed E-state index contributed by atoms with van der Waals surface area (Å²) in [5.74, 6) is 1.09. The summed E-state index contributed by atoms with van der Waals surface area (Å²) in [6, 6.07) is 0. The number of aryl methyl sites for hydroxylation is 1. The zero-order valence-corrected chi connectivity index (χ0v) is 8.03. The van der Waals surface area contributed by atoms with Crippen LogP contribution < -0.4 is 10.2 Å². The average Bonchev–Trinajstić information content (AvgIpc) is 2.43. The van der Waals surface area contributed by atoms with Crippen LogP contribution in [0, 0.1) is 0 Å². The highest BCUT2D eigenvalue weighted by molar-refractivity contribution is 5.30. The van der Waals surface area contributed by atoms with Crippen LogP contribution in [0.25, 0.3) is 0 Å². The summed E-state index contributed by atoms with van der Waals surface area (Å²) in [6.07, 6.45) is 5.05. The minimum absolute atomic E-state index is 1.06. The van der Waals surface area contributed by atoms with Crippen molar-refractivity contribution in [2.45, 2.75) is 6.42 Å². The SMILES string of the molecule is Cn1ccnc1N1CCCNCC1. The lowest BCUT2D eigenvalue weighted by Crippen LogP contribution is -2.29. The third-order valence-electron chi connectivity index (χ3n) is 2.42. The van der Waals surface area contributed by atoms with E-state index in [1.807, 2.05) is 19.4 Å². The van der Waals surface area contributed by atoms with E-state index in [0.717, 1.165) is 32.1 Å². The van der Waals surface area contributed by atoms with E-state index < -0.39 is 0 Å². The summed E-state index contributed by atoms with van der Waals surface area (Å²) in [5, 5.41) is 3.38. The van der Waals surface area contributed by atoms with Crippen molar-refractivity contribution in [1.82, 2.24) is 14.9 Å². The summed E-state index contributed by atoms with van der Waals surface area (Å²) in [7, 11) is 2.04. The van der Waals surface area contributed by atoms with Gasteiger partial charge < -0.3 is 14.8 Å². The molecular formula is C9H16N4. The molecule has 72 valence electrons. The first-order valence-electron chi connectivity index (χ1n) is 4.81. The minimum atomic E-state index is 1.06. The molecule has 1 fully saturated rings. The molecule has 2 rings (SSSR count). The molecule has 1 saturated heterocycles. The molecule has 0 bridgehead atoms. The van der Waals surface area contributed by atoms with Gasteiger partial charge in [-0.2, -0.15) is 0 Å². The molecule has 1 aromatic heterocycles. The van der Waals surface area contributed by atoms with E-state index in [0.29, 0.717) is 0 Å². The lowest BCUT2D eigenvalue weighted by Gasteiger charge is -2.20. The lowest BCUT2D eigenvalue weighted by atomic mass is 10.4. The van der Waals surface area contributed by atoms with Crippen LogP contribution in [-0.2, 0) is 7.05 Å². The Balaban J connectivity index is 2.10. The fraction of sp³-hybridized carbons (Fsp3) is 0.667. The number of hydrogen-bond donors (Lipinski definition) is 1. The fourth-order valence-electron chi connectivity index (χ4n) is 1.71. The van der Waals surface area contributed by atoms with Gasteiger partial charge in [-0.1, -0.05) is 0 Å². The van der Waals surface area contributed by atoms with Gasteiger partial charge in [0.25, 0.3) is 0 Å². The third kappa shape index (κ3) is 1.83. The highest BCUT2D eigenvalue weighted by atomic mass is 15.3. The molecule has 1 aliphatic rings. The Kier molecular flexibility index (Phi) is 2.49. The Morgan fingerprint density at radius 2 is 2.31 bits per heavy atom. The first-order chi connectivity index (χ1) is 6.38. The van der Waals surface area contributed by atoms with Gasteiger partial charge in [-0.3, -0.25) is 0 Å². The van der Waals surface area contributed by atoms with Crippen LogP contribution in [0.4, 0.5) is 5.95 Å². The van der Waals surface area contributed by atoms with Gasteiger partial charge in [0.15, 0.2) is 0 Å². The number of anilines is 1. The molecule has 0 aromatic carbocycles. The second-order valence-corrected chi connectivity index (χ2v) is 3.43. The van der Waals surface area contributed by atoms with E-state index >= 15 is 0 Å². The van der Waals surface area contributed by atoms with Crippen LogP contribution in [0.2, 0.25) is 0 Å². The van der Waals surface area contributed by atoms with E-state index in [1.54, 1.807) is 0 Å². The molecule has 0 radical (unpaired) electrons. The first kappa shape index (κ1) is 8.56. The van der Waals surface area contributed by atoms with Crippen molar-refractivity contribution in [3.63, 3.8) is 0 Å². The second-order valence-electron chi connectivity index (χ2n) is 3.43. The van der Waals surface area contributed by atoms with Crippen molar-refractivity contribution >= 4 is 5.95 Å². The van der Waals surface area contributed by atoms with Gasteiger partial charge in [-0.25, -0.2) is 4.98 Å². The minimum Gasteiger partial charge on any atom is -0.341 e. The molecule has 0 saturated carbocycles. The van der Waals surface area contributed by atoms with E-state index in [-0.39, 0.29) is 0 Å². The molecule has 0 aliphatic carbocycles. The van der Waals surface area contributed by atoms with Gasteiger partial charge in [-0.15, -0.1) is 0 Å². The molecule has 0 unspecified atom stereocenters. The highest BCUT2D eigenvalue weighted by Crippen LogP contribution is 2.10. The third-order valence-corrected chi connectivity index (χ3v) is 2.42. The highest BCUT2D eigenvalue weighted by Gasteiger charge is 2.12. The predicted octanol–water partition coefficient (Wildman–Crippen LogP) is 0.220. The van der Waals surface area contributed by atoms with Crippen LogP contribution in [0.1, 0.15) is 6.42 Å². The molecule has 1 aromatic rings. The first-order valence-corrected chi connectivity index (χ1v) is 4.81. The van der Waals surface area contributed by atoms with Crippen molar-refractivity contribution in [3.05, 3.63) is 12.4 Å². The van der Waals surface area contributed by atoms with Crippen molar-refractivity contribution in [2.24, 2.45) is 7.05 Å². The molecular weight excluding hydrogens is 164 g/mol. The molecule has 0 atom stereocenters. The summed E-state index contributed by atoms with van der Waals surface area (Å²) in [6.45, 7) is 4.36. The number of aromatic nitrogens is 2. The van der Waals surface area contributed by atoms with Crippen molar-refractivity contribution in [1.29, 1.82) is 0 Å². The van der Waals surface area contributed by atoms with Crippen LogP contribution in [0.3, 0.4) is 0 Å². The quantitative estimate of drug-likeness (QED) is 0.671. The fourth-order valence-corrected chi connectivity index (χ4v) is 1.71. The number of nitrogens with one attached hydrogen (secondary N) is 1. The maximum atomic E-state index is 4.34. The summed E-state index contributed by atoms with van der Waals surface area (Å²) in [4.78, 5) is 6.68. The molecule has 4 nitrogen and oxygen atoms in total. The van der Waals surface area contributed by atoms with E-state index in [2.05, 4.69) is 19.8 Å². The Morgan fingerprint density at radius 1 is 1.38 bits per heavy atom. The number of nitrogens with zero attached hydrogens (tertiary/aromatic N) is 3. The smallest absolute Gasteiger partial charge is 0.205 e. The van der Waals surface area contributed by atoms with Gasteiger partial charge in [-0.05, 0) is 13.0 Å². The van der Waals surface area contributed by atoms with Crippen LogP contribution >= 0.6 is 0 Å². The molecule has 4 heteroatoms. The monoisotopic (exact) mass is 180 g/mol. The second kappa shape index (κ2) is 3.79. The summed E-state index contributed by atoms with van der Waals surface area (Å²) < 4.78 is 2.07. The zero-order valence-electron chi connectivity index (χ0n) is 8.03. The molecule has 2 heterocycles. The van der Waals surface area contributed by atoms with Crippen LogP contribution in [0.5, 0.6) is 0 Å². The number of imidazole rings is 1. The van der Waals surface area contributed by atoms with Gasteiger partial charge in [0.1, 0.15) is 0 Å². The molecule has 1 N–H and O–H groups in total. The van der Waals surface area contributed by atoms with E-state index in [1.165, 1.54) is 6.42 Å². The van der Waals surface area contributed by atoms with Gasteiger partial charge in [0.2, 0.25) is 5.95 Å². The zero-order chi connectivity index (χ0) is 9.10. The van der Waals surface area contributed by atoms with Gasteiger partial charge >= 0.3 is 0 Å². The van der Waals surface area contributed by atoms with Crippen LogP contribution in [-0.4, -0.2) is 35.7 Å². The molecule has 13 heavy (non-hydrogen) atoms. The Bertz CT molecular complexity index is 260. The van der Waals surface area contributed by atoms with Crippen molar-refractivity contribution < 1.29 is 0 Å². The van der Waals surface area contributed by atoms with Gasteiger partial charge in [0, 0.05) is 39.1 Å². The standard InChI is InChI=1S/C9H16N4/c1-12-7-5-11-9(12)13-6-2-3-10-4-8-13/h5,7,10H,2-4,6,8H2,1H3. The van der Waals surface area contributed by atoms with E-state index in [9.17, 15) is 0 Å². The predicted molar refractivity (Wildman–Crippen MR) is 52.9 cm³/mol. The Morgan fingerprint density at radius 3 is 3.08 bits per heavy atom. The Hall–Kier alpha value is -1.03. The lowest BCUT2D eigenvalue weighted by molar-refractivity contribution is 0.724.